The fourth-order valence-corrected chi connectivity index (χ4v) is 2.37. The van der Waals surface area contributed by atoms with Crippen molar-refractivity contribution in [1.82, 2.24) is 14.9 Å². The zero-order valence-electron chi connectivity index (χ0n) is 9.42. The number of benzene rings is 1. The average molecular weight is 271 g/mol. The Morgan fingerprint density at radius 2 is 2.11 bits per heavy atom. The molecule has 6 nitrogen and oxygen atoms in total. The Bertz CT molecular complexity index is 654. The Kier molecular flexibility index (Phi) is 3.39. The molecule has 96 valence electrons. The molecule has 0 saturated heterocycles. The summed E-state index contributed by atoms with van der Waals surface area (Å²) in [4.78, 5) is 3.42. The van der Waals surface area contributed by atoms with Gasteiger partial charge in [-0.1, -0.05) is 17.3 Å². The topological polar surface area (TPSA) is 85.1 Å². The van der Waals surface area contributed by atoms with Crippen molar-refractivity contribution in [1.29, 1.82) is 0 Å². The molecule has 2 aromatic rings. The van der Waals surface area contributed by atoms with Gasteiger partial charge >= 0.3 is 0 Å². The Balaban J connectivity index is 2.16. The standard InChI is InChI=1S/C10H10FN3O3S/c1-7-13-10(14-17-7)6-12-18(15,16)9-5-3-2-4-8(9)11/h2-5,12H,6H2,1H3. The fourth-order valence-electron chi connectivity index (χ4n) is 1.31. The van der Waals surface area contributed by atoms with Crippen molar-refractivity contribution in [3.8, 4) is 0 Å². The minimum atomic E-state index is -3.93. The van der Waals surface area contributed by atoms with Crippen molar-refractivity contribution in [2.45, 2.75) is 18.4 Å². The minimum absolute atomic E-state index is 0.159. The molecule has 1 N–H and O–H groups in total. The first-order chi connectivity index (χ1) is 8.49. The van der Waals surface area contributed by atoms with Crippen LogP contribution in [0.3, 0.4) is 0 Å². The number of rotatable bonds is 4. The third-order valence-corrected chi connectivity index (χ3v) is 3.55. The van der Waals surface area contributed by atoms with E-state index in [1.165, 1.54) is 18.2 Å². The summed E-state index contributed by atoms with van der Waals surface area (Å²) < 4.78 is 43.8. The maximum Gasteiger partial charge on any atom is 0.243 e. The lowest BCUT2D eigenvalue weighted by atomic mass is 10.4. The molecule has 8 heteroatoms. The van der Waals surface area contributed by atoms with Crippen LogP contribution in [0.2, 0.25) is 0 Å². The lowest BCUT2D eigenvalue weighted by molar-refractivity contribution is 0.387. The SMILES string of the molecule is Cc1nc(CNS(=O)(=O)c2ccccc2F)no1. The first kappa shape index (κ1) is 12.7. The van der Waals surface area contributed by atoms with E-state index in [4.69, 9.17) is 0 Å². The van der Waals surface area contributed by atoms with Gasteiger partial charge in [-0.15, -0.1) is 0 Å². The summed E-state index contributed by atoms with van der Waals surface area (Å²) in [6.07, 6.45) is 0. The second-order valence-corrected chi connectivity index (χ2v) is 5.22. The Hall–Kier alpha value is -1.80. The van der Waals surface area contributed by atoms with Crippen LogP contribution in [-0.4, -0.2) is 18.6 Å². The Morgan fingerprint density at radius 3 is 2.72 bits per heavy atom. The molecular formula is C10H10FN3O3S. The van der Waals surface area contributed by atoms with Crippen molar-refractivity contribution in [2.75, 3.05) is 0 Å². The van der Waals surface area contributed by atoms with E-state index in [0.717, 1.165) is 6.07 Å². The first-order valence-corrected chi connectivity index (χ1v) is 6.51. The van der Waals surface area contributed by atoms with E-state index < -0.39 is 20.7 Å². The van der Waals surface area contributed by atoms with Crippen LogP contribution in [0.15, 0.2) is 33.7 Å². The summed E-state index contributed by atoms with van der Waals surface area (Å²) in [5, 5.41) is 3.53. The lowest BCUT2D eigenvalue weighted by Gasteiger charge is -2.05. The average Bonchev–Trinajstić information content (AvgIpc) is 2.73. The highest BCUT2D eigenvalue weighted by molar-refractivity contribution is 7.89. The van der Waals surface area contributed by atoms with Crippen LogP contribution in [0.25, 0.3) is 0 Å². The first-order valence-electron chi connectivity index (χ1n) is 5.02. The van der Waals surface area contributed by atoms with Crippen LogP contribution in [0, 0.1) is 12.7 Å². The van der Waals surface area contributed by atoms with Crippen LogP contribution >= 0.6 is 0 Å². The highest BCUT2D eigenvalue weighted by atomic mass is 32.2. The van der Waals surface area contributed by atoms with Gasteiger partial charge in [0.1, 0.15) is 10.7 Å². The minimum Gasteiger partial charge on any atom is -0.340 e. The number of nitrogens with one attached hydrogen (secondary N) is 1. The highest BCUT2D eigenvalue weighted by Gasteiger charge is 2.18. The summed E-state index contributed by atoms with van der Waals surface area (Å²) in [5.41, 5.74) is 0. The van der Waals surface area contributed by atoms with Crippen molar-refractivity contribution >= 4 is 10.0 Å². The number of hydrogen-bond acceptors (Lipinski definition) is 5. The van der Waals surface area contributed by atoms with Crippen LogP contribution in [-0.2, 0) is 16.6 Å². The van der Waals surface area contributed by atoms with E-state index in [-0.39, 0.29) is 12.4 Å². The van der Waals surface area contributed by atoms with E-state index in [1.54, 1.807) is 6.92 Å². The zero-order valence-corrected chi connectivity index (χ0v) is 10.2. The number of nitrogens with zero attached hydrogens (tertiary/aromatic N) is 2. The van der Waals surface area contributed by atoms with Crippen molar-refractivity contribution < 1.29 is 17.3 Å². The van der Waals surface area contributed by atoms with Gasteiger partial charge in [-0.3, -0.25) is 0 Å². The van der Waals surface area contributed by atoms with E-state index in [9.17, 15) is 12.8 Å². The molecule has 0 atom stereocenters. The summed E-state index contributed by atoms with van der Waals surface area (Å²) in [6.45, 7) is 1.43. The highest BCUT2D eigenvalue weighted by Crippen LogP contribution is 2.13. The van der Waals surface area contributed by atoms with E-state index in [0.29, 0.717) is 5.89 Å². The van der Waals surface area contributed by atoms with Gasteiger partial charge in [0.2, 0.25) is 15.9 Å². The normalized spacial score (nSPS) is 11.7. The molecule has 0 aliphatic heterocycles. The van der Waals surface area contributed by atoms with Gasteiger partial charge in [-0.2, -0.15) is 4.98 Å². The molecule has 18 heavy (non-hydrogen) atoms. The maximum atomic E-state index is 13.3. The summed E-state index contributed by atoms with van der Waals surface area (Å²) in [7, 11) is -3.93. The monoisotopic (exact) mass is 271 g/mol. The fraction of sp³-hybridized carbons (Fsp3) is 0.200. The molecule has 0 amide bonds. The van der Waals surface area contributed by atoms with Gasteiger partial charge < -0.3 is 4.52 Å². The number of sulfonamides is 1. The predicted octanol–water partition coefficient (Wildman–Crippen LogP) is 0.996. The Labute approximate surface area is 103 Å². The molecule has 0 aliphatic rings. The van der Waals surface area contributed by atoms with Crippen LogP contribution in [0.5, 0.6) is 0 Å². The second-order valence-electron chi connectivity index (χ2n) is 3.48. The molecule has 0 unspecified atom stereocenters. The molecule has 0 saturated carbocycles. The van der Waals surface area contributed by atoms with E-state index in [2.05, 4.69) is 19.4 Å². The van der Waals surface area contributed by atoms with Gasteiger partial charge in [0.25, 0.3) is 0 Å². The predicted molar refractivity (Wildman–Crippen MR) is 59.5 cm³/mol. The van der Waals surface area contributed by atoms with Gasteiger partial charge in [-0.05, 0) is 12.1 Å². The van der Waals surface area contributed by atoms with Gasteiger partial charge in [-0.25, -0.2) is 17.5 Å². The summed E-state index contributed by atoms with van der Waals surface area (Å²) >= 11 is 0. The molecule has 0 radical (unpaired) electrons. The molecule has 0 fully saturated rings. The zero-order chi connectivity index (χ0) is 13.2. The molecule has 2 rings (SSSR count). The van der Waals surface area contributed by atoms with E-state index in [1.807, 2.05) is 0 Å². The molecule has 0 bridgehead atoms. The van der Waals surface area contributed by atoms with Crippen molar-refractivity contribution in [2.24, 2.45) is 0 Å². The third kappa shape index (κ3) is 2.71. The number of aryl methyl sites for hydroxylation is 1. The molecular weight excluding hydrogens is 261 g/mol. The summed E-state index contributed by atoms with van der Waals surface area (Å²) in [5.74, 6) is -0.295. The number of aromatic nitrogens is 2. The van der Waals surface area contributed by atoms with Crippen LogP contribution in [0.1, 0.15) is 11.7 Å². The van der Waals surface area contributed by atoms with E-state index >= 15 is 0 Å². The van der Waals surface area contributed by atoms with Gasteiger partial charge in [0, 0.05) is 6.92 Å². The quantitative estimate of drug-likeness (QED) is 0.896. The number of hydrogen-bond donors (Lipinski definition) is 1. The van der Waals surface area contributed by atoms with Crippen LogP contribution in [0.4, 0.5) is 4.39 Å². The lowest BCUT2D eigenvalue weighted by Crippen LogP contribution is -2.24. The molecule has 1 aromatic carbocycles. The molecule has 1 aromatic heterocycles. The number of halogens is 1. The largest absolute Gasteiger partial charge is 0.340 e. The van der Waals surface area contributed by atoms with Gasteiger partial charge in [0.05, 0.1) is 6.54 Å². The molecule has 0 aliphatic carbocycles. The van der Waals surface area contributed by atoms with Gasteiger partial charge in [0.15, 0.2) is 5.82 Å². The second kappa shape index (κ2) is 4.83. The van der Waals surface area contributed by atoms with Crippen LogP contribution < -0.4 is 4.72 Å². The summed E-state index contributed by atoms with van der Waals surface area (Å²) in [6, 6.07) is 5.11. The molecule has 0 spiro atoms. The Morgan fingerprint density at radius 1 is 1.39 bits per heavy atom. The third-order valence-electron chi connectivity index (χ3n) is 2.12. The molecule has 1 heterocycles. The smallest absolute Gasteiger partial charge is 0.243 e. The van der Waals surface area contributed by atoms with Crippen molar-refractivity contribution in [3.05, 3.63) is 41.8 Å². The maximum absolute atomic E-state index is 13.3. The van der Waals surface area contributed by atoms with Crippen molar-refractivity contribution in [3.63, 3.8) is 0 Å².